The number of rotatable bonds is 5. The Morgan fingerprint density at radius 1 is 1.64 bits per heavy atom. The molecule has 0 spiro atoms. The zero-order chi connectivity index (χ0) is 9.80. The summed E-state index contributed by atoms with van der Waals surface area (Å²) in [5.74, 6) is 0.893. The molecule has 0 unspecified atom stereocenters. The van der Waals surface area contributed by atoms with Crippen LogP contribution in [0.4, 0.5) is 0 Å². The Morgan fingerprint density at radius 2 is 2.50 bits per heavy atom. The minimum atomic E-state index is 0.465. The molecule has 4 heteroatoms. The number of nitrogens with zero attached hydrogens (tertiary/aromatic N) is 1. The van der Waals surface area contributed by atoms with E-state index in [-0.39, 0.29) is 0 Å². The lowest BCUT2D eigenvalue weighted by atomic mass is 9.89. The van der Waals surface area contributed by atoms with E-state index < -0.39 is 0 Å². The van der Waals surface area contributed by atoms with Gasteiger partial charge in [-0.2, -0.15) is 0 Å². The average Bonchev–Trinajstić information content (AvgIpc) is 2.61. The van der Waals surface area contributed by atoms with Crippen LogP contribution in [-0.2, 0) is 11.3 Å². The fourth-order valence-electron chi connectivity index (χ4n) is 1.68. The van der Waals surface area contributed by atoms with Crippen LogP contribution < -0.4 is 5.32 Å². The van der Waals surface area contributed by atoms with Crippen molar-refractivity contribution in [2.75, 3.05) is 6.61 Å². The highest BCUT2D eigenvalue weighted by Gasteiger charge is 2.28. The number of hydrogen-bond donors (Lipinski definition) is 1. The first-order valence-electron chi connectivity index (χ1n) is 5.13. The lowest BCUT2D eigenvalue weighted by Gasteiger charge is -2.35. The smallest absolute Gasteiger partial charge is 0.150 e. The normalized spacial score (nSPS) is 26.1. The molecule has 1 fully saturated rings. The van der Waals surface area contributed by atoms with Gasteiger partial charge in [-0.3, -0.25) is 0 Å². The van der Waals surface area contributed by atoms with E-state index in [1.165, 1.54) is 0 Å². The largest absolute Gasteiger partial charge is 0.378 e. The highest BCUT2D eigenvalue weighted by atomic mass is 16.5. The van der Waals surface area contributed by atoms with Crippen LogP contribution in [0.1, 0.15) is 25.5 Å². The molecule has 1 heterocycles. The fraction of sp³-hybridized carbons (Fsp3) is 0.700. The summed E-state index contributed by atoms with van der Waals surface area (Å²) in [6.07, 6.45) is 4.36. The second-order valence-electron chi connectivity index (χ2n) is 3.61. The molecule has 0 saturated heterocycles. The van der Waals surface area contributed by atoms with Crippen LogP contribution >= 0.6 is 0 Å². The van der Waals surface area contributed by atoms with E-state index in [9.17, 15) is 0 Å². The van der Waals surface area contributed by atoms with Crippen molar-refractivity contribution in [1.82, 2.24) is 10.5 Å². The van der Waals surface area contributed by atoms with Gasteiger partial charge >= 0.3 is 0 Å². The lowest BCUT2D eigenvalue weighted by molar-refractivity contribution is -0.0106. The van der Waals surface area contributed by atoms with Crippen LogP contribution in [0.5, 0.6) is 0 Å². The van der Waals surface area contributed by atoms with Gasteiger partial charge in [-0.05, 0) is 19.8 Å². The van der Waals surface area contributed by atoms with Gasteiger partial charge in [0.05, 0.1) is 18.8 Å². The summed E-state index contributed by atoms with van der Waals surface area (Å²) in [7, 11) is 0. The molecular formula is C10H16N2O2. The summed E-state index contributed by atoms with van der Waals surface area (Å²) in [5, 5.41) is 7.04. The Labute approximate surface area is 83.6 Å². The van der Waals surface area contributed by atoms with Crippen LogP contribution in [0.25, 0.3) is 0 Å². The van der Waals surface area contributed by atoms with Crippen LogP contribution in [0.2, 0.25) is 0 Å². The van der Waals surface area contributed by atoms with Crippen molar-refractivity contribution >= 4 is 0 Å². The molecule has 0 amide bonds. The number of aromatic nitrogens is 1. The van der Waals surface area contributed by atoms with Crippen LogP contribution in [0.3, 0.4) is 0 Å². The van der Waals surface area contributed by atoms with Crippen molar-refractivity contribution in [2.24, 2.45) is 0 Å². The molecule has 0 radical (unpaired) electrons. The van der Waals surface area contributed by atoms with E-state index in [4.69, 9.17) is 9.26 Å². The molecule has 78 valence electrons. The maximum absolute atomic E-state index is 5.47. The van der Waals surface area contributed by atoms with Crippen molar-refractivity contribution in [3.05, 3.63) is 18.0 Å². The summed E-state index contributed by atoms with van der Waals surface area (Å²) >= 11 is 0. The predicted molar refractivity (Wildman–Crippen MR) is 51.8 cm³/mol. The third kappa shape index (κ3) is 2.33. The Balaban J connectivity index is 1.61. The van der Waals surface area contributed by atoms with Gasteiger partial charge < -0.3 is 14.6 Å². The van der Waals surface area contributed by atoms with Gasteiger partial charge in [0.2, 0.25) is 0 Å². The van der Waals surface area contributed by atoms with Gasteiger partial charge in [0, 0.05) is 18.7 Å². The standard InChI is InChI=1S/C10H16N2O2/c1-2-13-10-5-8(6-10)11-7-9-3-4-12-14-9/h3-4,8,10-11H,2,5-7H2,1H3. The first kappa shape index (κ1) is 9.68. The minimum absolute atomic E-state index is 0.465. The molecule has 1 aliphatic rings. The molecule has 0 aromatic carbocycles. The molecule has 1 aliphatic carbocycles. The number of nitrogens with one attached hydrogen (secondary N) is 1. The minimum Gasteiger partial charge on any atom is -0.378 e. The summed E-state index contributed by atoms with van der Waals surface area (Å²) < 4.78 is 10.5. The SMILES string of the molecule is CCOC1CC(NCc2ccno2)C1. The summed E-state index contributed by atoms with van der Waals surface area (Å²) in [4.78, 5) is 0. The predicted octanol–water partition coefficient (Wildman–Crippen LogP) is 1.33. The summed E-state index contributed by atoms with van der Waals surface area (Å²) in [5.41, 5.74) is 0. The molecule has 0 atom stereocenters. The van der Waals surface area contributed by atoms with Crippen molar-refractivity contribution < 1.29 is 9.26 Å². The van der Waals surface area contributed by atoms with Crippen molar-refractivity contribution in [1.29, 1.82) is 0 Å². The quantitative estimate of drug-likeness (QED) is 0.771. The molecule has 1 saturated carbocycles. The summed E-state index contributed by atoms with van der Waals surface area (Å²) in [6.45, 7) is 3.62. The molecular weight excluding hydrogens is 180 g/mol. The maximum atomic E-state index is 5.47. The molecule has 1 N–H and O–H groups in total. The zero-order valence-electron chi connectivity index (χ0n) is 8.40. The third-order valence-corrected chi connectivity index (χ3v) is 2.55. The molecule has 2 rings (SSSR count). The lowest BCUT2D eigenvalue weighted by Crippen LogP contribution is -2.45. The average molecular weight is 196 g/mol. The maximum Gasteiger partial charge on any atom is 0.150 e. The van der Waals surface area contributed by atoms with E-state index in [1.54, 1.807) is 6.20 Å². The zero-order valence-corrected chi connectivity index (χ0v) is 8.40. The Morgan fingerprint density at radius 3 is 3.14 bits per heavy atom. The van der Waals surface area contributed by atoms with E-state index >= 15 is 0 Å². The van der Waals surface area contributed by atoms with Gasteiger partial charge in [-0.15, -0.1) is 0 Å². The van der Waals surface area contributed by atoms with Gasteiger partial charge in [0.15, 0.2) is 0 Å². The Bertz CT molecular complexity index is 255. The molecule has 0 bridgehead atoms. The van der Waals surface area contributed by atoms with Crippen LogP contribution in [0.15, 0.2) is 16.8 Å². The molecule has 0 aliphatic heterocycles. The first-order chi connectivity index (χ1) is 6.88. The fourth-order valence-corrected chi connectivity index (χ4v) is 1.68. The Kier molecular flexibility index (Phi) is 3.16. The van der Waals surface area contributed by atoms with E-state index in [1.807, 2.05) is 13.0 Å². The van der Waals surface area contributed by atoms with Gasteiger partial charge in [0.25, 0.3) is 0 Å². The van der Waals surface area contributed by atoms with Crippen molar-refractivity contribution in [2.45, 2.75) is 38.5 Å². The van der Waals surface area contributed by atoms with Crippen LogP contribution in [-0.4, -0.2) is 23.9 Å². The van der Waals surface area contributed by atoms with Gasteiger partial charge in [0.1, 0.15) is 5.76 Å². The summed E-state index contributed by atoms with van der Waals surface area (Å²) in [6, 6.07) is 2.46. The molecule has 14 heavy (non-hydrogen) atoms. The molecule has 1 aromatic rings. The van der Waals surface area contributed by atoms with Crippen molar-refractivity contribution in [3.63, 3.8) is 0 Å². The highest BCUT2D eigenvalue weighted by molar-refractivity contribution is 4.94. The van der Waals surface area contributed by atoms with E-state index in [0.717, 1.165) is 31.8 Å². The first-order valence-corrected chi connectivity index (χ1v) is 5.13. The van der Waals surface area contributed by atoms with Gasteiger partial charge in [-0.25, -0.2) is 0 Å². The number of hydrogen-bond acceptors (Lipinski definition) is 4. The third-order valence-electron chi connectivity index (χ3n) is 2.55. The molecule has 4 nitrogen and oxygen atoms in total. The Hall–Kier alpha value is -0.870. The van der Waals surface area contributed by atoms with Crippen molar-refractivity contribution in [3.8, 4) is 0 Å². The second kappa shape index (κ2) is 4.57. The molecule has 1 aromatic heterocycles. The number of ether oxygens (including phenoxy) is 1. The van der Waals surface area contributed by atoms with Crippen LogP contribution in [0, 0.1) is 0 Å². The van der Waals surface area contributed by atoms with Gasteiger partial charge in [-0.1, -0.05) is 5.16 Å². The highest BCUT2D eigenvalue weighted by Crippen LogP contribution is 2.23. The second-order valence-corrected chi connectivity index (χ2v) is 3.61. The monoisotopic (exact) mass is 196 g/mol. The van der Waals surface area contributed by atoms with E-state index in [2.05, 4.69) is 10.5 Å². The van der Waals surface area contributed by atoms with E-state index in [0.29, 0.717) is 12.1 Å². The topological polar surface area (TPSA) is 47.3 Å².